The Hall–Kier alpha value is -1.26. The van der Waals surface area contributed by atoms with Crippen molar-refractivity contribution < 1.29 is 10.0 Å². The molecule has 0 radical (unpaired) electrons. The minimum absolute atomic E-state index is 0.0833. The molecule has 78 valence electrons. The van der Waals surface area contributed by atoms with Gasteiger partial charge in [0, 0.05) is 7.05 Å². The number of carbonyl (C=O) groups is 1. The number of benzene rings is 1. The van der Waals surface area contributed by atoms with E-state index in [9.17, 15) is 4.79 Å². The minimum atomic E-state index is -0.406. The summed E-state index contributed by atoms with van der Waals surface area (Å²) < 4.78 is 0. The molecule has 0 atom stereocenters. The predicted octanol–water partition coefficient (Wildman–Crippen LogP) is 2.15. The third-order valence-corrected chi connectivity index (χ3v) is 3.08. The first-order valence-electron chi connectivity index (χ1n) is 4.06. The normalized spacial score (nSPS) is 17.4. The number of carbonyl (C=O) groups excluding carboxylic acids is 1. The number of halogens is 2. The molecule has 4 nitrogen and oxygen atoms in total. The number of likely N-dealkylation sites (N-methyl/N-ethyl adjacent to an activating group) is 1. The fraction of sp³-hybridized carbons (Fsp3) is 0.111. The number of fused-ring (bicyclic) bond motifs is 1. The van der Waals surface area contributed by atoms with Crippen molar-refractivity contribution in [3.8, 4) is 0 Å². The van der Waals surface area contributed by atoms with Gasteiger partial charge in [-0.25, -0.2) is 0 Å². The molecule has 1 aromatic rings. The van der Waals surface area contributed by atoms with Crippen LogP contribution in [0.3, 0.4) is 0 Å². The van der Waals surface area contributed by atoms with Gasteiger partial charge in [0.05, 0.1) is 21.3 Å². The molecule has 0 saturated carbocycles. The van der Waals surface area contributed by atoms with E-state index in [0.717, 1.165) is 0 Å². The van der Waals surface area contributed by atoms with Crippen molar-refractivity contribution >= 4 is 40.5 Å². The summed E-state index contributed by atoms with van der Waals surface area (Å²) in [6, 6.07) is 3.24. The summed E-state index contributed by atoms with van der Waals surface area (Å²) in [6.07, 6.45) is 0. The van der Waals surface area contributed by atoms with Gasteiger partial charge in [-0.1, -0.05) is 28.4 Å². The van der Waals surface area contributed by atoms with Crippen LogP contribution in [0, 0.1) is 0 Å². The molecule has 2 rings (SSSR count). The molecular formula is C9H6Cl2N2O2. The van der Waals surface area contributed by atoms with Gasteiger partial charge in [-0.05, 0) is 12.1 Å². The lowest BCUT2D eigenvalue weighted by molar-refractivity contribution is -0.112. The van der Waals surface area contributed by atoms with Gasteiger partial charge in [0.1, 0.15) is 0 Å². The fourth-order valence-electron chi connectivity index (χ4n) is 1.51. The third-order valence-electron chi connectivity index (χ3n) is 2.28. The van der Waals surface area contributed by atoms with Gasteiger partial charge < -0.3 is 10.1 Å². The van der Waals surface area contributed by atoms with Crippen LogP contribution < -0.4 is 4.90 Å². The average Bonchev–Trinajstić information content (AvgIpc) is 2.47. The molecule has 0 fully saturated rings. The Morgan fingerprint density at radius 3 is 2.67 bits per heavy atom. The molecule has 0 saturated heterocycles. The average molecular weight is 245 g/mol. The molecule has 1 heterocycles. The van der Waals surface area contributed by atoms with Crippen molar-refractivity contribution in [3.63, 3.8) is 0 Å². The number of amides is 1. The molecule has 1 aromatic carbocycles. The molecule has 0 spiro atoms. The highest BCUT2D eigenvalue weighted by Gasteiger charge is 2.34. The zero-order valence-corrected chi connectivity index (χ0v) is 9.17. The van der Waals surface area contributed by atoms with Gasteiger partial charge >= 0.3 is 0 Å². The molecule has 0 aromatic heterocycles. The van der Waals surface area contributed by atoms with E-state index < -0.39 is 5.91 Å². The minimum Gasteiger partial charge on any atom is -0.410 e. The smallest absolute Gasteiger partial charge is 0.280 e. The maximum Gasteiger partial charge on any atom is 0.280 e. The van der Waals surface area contributed by atoms with Gasteiger partial charge in [0.15, 0.2) is 5.71 Å². The highest BCUT2D eigenvalue weighted by molar-refractivity contribution is 6.58. The maximum atomic E-state index is 11.6. The Kier molecular flexibility index (Phi) is 2.32. The molecule has 0 aliphatic carbocycles. The molecule has 15 heavy (non-hydrogen) atoms. The first-order chi connectivity index (χ1) is 7.07. The number of oxime groups is 1. The summed E-state index contributed by atoms with van der Waals surface area (Å²) in [4.78, 5) is 12.9. The van der Waals surface area contributed by atoms with E-state index in [1.165, 1.54) is 4.90 Å². The summed E-state index contributed by atoms with van der Waals surface area (Å²) in [5.74, 6) is -0.406. The van der Waals surface area contributed by atoms with Gasteiger partial charge in [-0.2, -0.15) is 0 Å². The SMILES string of the molecule is CN1C(=O)C(=NO)c2c1ccc(Cl)c2Cl. The Morgan fingerprint density at radius 1 is 1.40 bits per heavy atom. The van der Waals surface area contributed by atoms with Crippen LogP contribution in [0.4, 0.5) is 5.69 Å². The molecular weight excluding hydrogens is 239 g/mol. The van der Waals surface area contributed by atoms with Gasteiger partial charge in [0.2, 0.25) is 0 Å². The number of rotatable bonds is 0. The number of hydrogen-bond donors (Lipinski definition) is 1. The fourth-order valence-corrected chi connectivity index (χ4v) is 1.92. The second kappa shape index (κ2) is 3.40. The third kappa shape index (κ3) is 1.29. The zero-order valence-electron chi connectivity index (χ0n) is 7.66. The summed E-state index contributed by atoms with van der Waals surface area (Å²) in [5, 5.41) is 12.2. The highest BCUT2D eigenvalue weighted by atomic mass is 35.5. The molecule has 1 N–H and O–H groups in total. The molecule has 6 heteroatoms. The first-order valence-corrected chi connectivity index (χ1v) is 4.82. The largest absolute Gasteiger partial charge is 0.410 e. The Morgan fingerprint density at radius 2 is 2.07 bits per heavy atom. The van der Waals surface area contributed by atoms with E-state index in [4.69, 9.17) is 28.4 Å². The predicted molar refractivity (Wildman–Crippen MR) is 58.2 cm³/mol. The standard InChI is InChI=1S/C9H6Cl2N2O2/c1-13-5-3-2-4(10)7(11)6(5)8(12-15)9(13)14/h2-3,15H,1H3. The van der Waals surface area contributed by atoms with E-state index >= 15 is 0 Å². The van der Waals surface area contributed by atoms with E-state index in [1.807, 2.05) is 0 Å². The molecule has 1 aliphatic heterocycles. The second-order valence-corrected chi connectivity index (χ2v) is 3.85. The van der Waals surface area contributed by atoms with Crippen molar-refractivity contribution in [3.05, 3.63) is 27.7 Å². The molecule has 0 bridgehead atoms. The van der Waals surface area contributed by atoms with Crippen LogP contribution in [-0.4, -0.2) is 23.9 Å². The molecule has 0 unspecified atom stereocenters. The van der Waals surface area contributed by atoms with Crippen molar-refractivity contribution in [2.45, 2.75) is 0 Å². The van der Waals surface area contributed by atoms with Crippen LogP contribution in [-0.2, 0) is 4.79 Å². The Labute approximate surface area is 95.7 Å². The first kappa shape index (κ1) is 10.3. The number of hydrogen-bond acceptors (Lipinski definition) is 3. The van der Waals surface area contributed by atoms with Gasteiger partial charge in [-0.3, -0.25) is 4.79 Å². The van der Waals surface area contributed by atoms with Gasteiger partial charge in [-0.15, -0.1) is 0 Å². The lowest BCUT2D eigenvalue weighted by atomic mass is 10.1. The molecule has 1 amide bonds. The van der Waals surface area contributed by atoms with Crippen molar-refractivity contribution in [2.24, 2.45) is 5.16 Å². The lowest BCUT2D eigenvalue weighted by Gasteiger charge is -2.08. The summed E-state index contributed by atoms with van der Waals surface area (Å²) in [6.45, 7) is 0. The quantitative estimate of drug-likeness (QED) is 0.562. The monoisotopic (exact) mass is 244 g/mol. The van der Waals surface area contributed by atoms with E-state index in [-0.39, 0.29) is 10.7 Å². The van der Waals surface area contributed by atoms with E-state index in [0.29, 0.717) is 16.3 Å². The van der Waals surface area contributed by atoms with Crippen molar-refractivity contribution in [1.29, 1.82) is 0 Å². The topological polar surface area (TPSA) is 52.9 Å². The molecule has 1 aliphatic rings. The summed E-state index contributed by atoms with van der Waals surface area (Å²) in [7, 11) is 1.57. The Balaban J connectivity index is 2.78. The van der Waals surface area contributed by atoms with Crippen LogP contribution >= 0.6 is 23.2 Å². The van der Waals surface area contributed by atoms with Crippen molar-refractivity contribution in [1.82, 2.24) is 0 Å². The van der Waals surface area contributed by atoms with Crippen LogP contribution in [0.1, 0.15) is 5.56 Å². The van der Waals surface area contributed by atoms with Crippen LogP contribution in [0.25, 0.3) is 0 Å². The number of anilines is 1. The van der Waals surface area contributed by atoms with E-state index in [1.54, 1.807) is 19.2 Å². The summed E-state index contributed by atoms with van der Waals surface area (Å²) >= 11 is 11.8. The number of nitrogens with zero attached hydrogens (tertiary/aromatic N) is 2. The van der Waals surface area contributed by atoms with Crippen LogP contribution in [0.2, 0.25) is 10.0 Å². The zero-order chi connectivity index (χ0) is 11.2. The second-order valence-electron chi connectivity index (χ2n) is 3.07. The van der Waals surface area contributed by atoms with Crippen LogP contribution in [0.5, 0.6) is 0 Å². The van der Waals surface area contributed by atoms with E-state index in [2.05, 4.69) is 5.16 Å². The maximum absolute atomic E-state index is 11.6. The lowest BCUT2D eigenvalue weighted by Crippen LogP contribution is -2.25. The highest BCUT2D eigenvalue weighted by Crippen LogP contribution is 2.37. The van der Waals surface area contributed by atoms with Crippen molar-refractivity contribution in [2.75, 3.05) is 11.9 Å². The van der Waals surface area contributed by atoms with Crippen LogP contribution in [0.15, 0.2) is 17.3 Å². The van der Waals surface area contributed by atoms with Gasteiger partial charge in [0.25, 0.3) is 5.91 Å². The summed E-state index contributed by atoms with van der Waals surface area (Å²) in [5.41, 5.74) is 0.876. The Bertz CT molecular complexity index is 485.